The summed E-state index contributed by atoms with van der Waals surface area (Å²) in [5.74, 6) is -0.968. The number of alkyl halides is 3. The van der Waals surface area contributed by atoms with E-state index in [0.717, 1.165) is 4.68 Å². The standard InChI is InChI=1S/C19H17F3N6O3/c1-26-9-23-17-16(26)18(29)27(10-24-17)8-15-25-28(19(30)31-15)7-13(20)12-4-2-11(3-5-12)6-14(21)22/h2-5,9-10,13-14H,6-8H2,1H3/t13-/m0/s1. The molecule has 9 nitrogen and oxygen atoms in total. The van der Waals surface area contributed by atoms with Crippen molar-refractivity contribution in [2.75, 3.05) is 0 Å². The van der Waals surface area contributed by atoms with Crippen LogP contribution in [0.25, 0.3) is 11.2 Å². The predicted octanol–water partition coefficient (Wildman–Crippen LogP) is 1.85. The van der Waals surface area contributed by atoms with E-state index < -0.39 is 36.9 Å². The fourth-order valence-electron chi connectivity index (χ4n) is 3.16. The number of hydrogen-bond acceptors (Lipinski definition) is 6. The highest BCUT2D eigenvalue weighted by Gasteiger charge is 2.17. The third-order valence-corrected chi connectivity index (χ3v) is 4.72. The zero-order valence-corrected chi connectivity index (χ0v) is 16.3. The third-order valence-electron chi connectivity index (χ3n) is 4.72. The Balaban J connectivity index is 1.50. The quantitative estimate of drug-likeness (QED) is 0.440. The van der Waals surface area contributed by atoms with Gasteiger partial charge in [0, 0.05) is 13.5 Å². The van der Waals surface area contributed by atoms with E-state index in [2.05, 4.69) is 15.1 Å². The Morgan fingerprint density at radius 2 is 1.77 bits per heavy atom. The molecule has 0 aliphatic rings. The van der Waals surface area contributed by atoms with E-state index in [1.54, 1.807) is 7.05 Å². The van der Waals surface area contributed by atoms with Crippen LogP contribution in [0.15, 0.2) is 50.9 Å². The SMILES string of the molecule is Cn1cnc2ncn(Cc3nn(C[C@H](F)c4ccc(CC(F)F)cc4)c(=O)o3)c(=O)c21. The van der Waals surface area contributed by atoms with Gasteiger partial charge in [-0.15, -0.1) is 5.10 Å². The number of halogens is 3. The Hall–Kier alpha value is -3.70. The maximum atomic E-state index is 14.6. The molecule has 0 aliphatic carbocycles. The number of fused-ring (bicyclic) bond motifs is 1. The van der Waals surface area contributed by atoms with Crippen molar-refractivity contribution in [3.8, 4) is 0 Å². The molecular weight excluding hydrogens is 417 g/mol. The molecule has 12 heteroatoms. The van der Waals surface area contributed by atoms with Crippen molar-refractivity contribution in [1.29, 1.82) is 0 Å². The maximum absolute atomic E-state index is 14.6. The molecule has 0 saturated heterocycles. The maximum Gasteiger partial charge on any atom is 0.437 e. The minimum atomic E-state index is -2.49. The second-order valence-electron chi connectivity index (χ2n) is 6.95. The lowest BCUT2D eigenvalue weighted by Gasteiger charge is -2.08. The Kier molecular flexibility index (Phi) is 5.44. The van der Waals surface area contributed by atoms with Crippen molar-refractivity contribution in [3.05, 3.63) is 74.8 Å². The summed E-state index contributed by atoms with van der Waals surface area (Å²) in [4.78, 5) is 32.7. The molecule has 4 aromatic rings. The van der Waals surface area contributed by atoms with E-state index in [1.807, 2.05) is 0 Å². The molecule has 3 heterocycles. The number of imidazole rings is 1. The van der Waals surface area contributed by atoms with Crippen molar-refractivity contribution in [1.82, 2.24) is 28.9 Å². The van der Waals surface area contributed by atoms with Crippen LogP contribution in [-0.2, 0) is 26.6 Å². The summed E-state index contributed by atoms with van der Waals surface area (Å²) in [5.41, 5.74) is 0.779. The van der Waals surface area contributed by atoms with Gasteiger partial charge < -0.3 is 8.98 Å². The Labute approximate surface area is 172 Å². The molecule has 0 fully saturated rings. The number of rotatable bonds is 7. The van der Waals surface area contributed by atoms with Gasteiger partial charge in [-0.05, 0) is 11.1 Å². The summed E-state index contributed by atoms with van der Waals surface area (Å²) < 4.78 is 48.0. The molecule has 1 aromatic carbocycles. The van der Waals surface area contributed by atoms with Crippen LogP contribution >= 0.6 is 0 Å². The molecule has 0 saturated carbocycles. The highest BCUT2D eigenvalue weighted by molar-refractivity contribution is 5.68. The van der Waals surface area contributed by atoms with Crippen LogP contribution in [0.1, 0.15) is 23.2 Å². The average Bonchev–Trinajstić information content (AvgIpc) is 3.27. The van der Waals surface area contributed by atoms with Crippen molar-refractivity contribution in [3.63, 3.8) is 0 Å². The molecule has 162 valence electrons. The first-order valence-electron chi connectivity index (χ1n) is 9.26. The van der Waals surface area contributed by atoms with Gasteiger partial charge in [0.25, 0.3) is 5.56 Å². The lowest BCUT2D eigenvalue weighted by Crippen LogP contribution is -2.23. The molecule has 0 N–H and O–H groups in total. The second-order valence-corrected chi connectivity index (χ2v) is 6.95. The zero-order valence-electron chi connectivity index (χ0n) is 16.3. The van der Waals surface area contributed by atoms with E-state index in [1.165, 1.54) is 46.1 Å². The zero-order chi connectivity index (χ0) is 22.1. The van der Waals surface area contributed by atoms with Gasteiger partial charge in [-0.3, -0.25) is 9.36 Å². The predicted molar refractivity (Wildman–Crippen MR) is 103 cm³/mol. The van der Waals surface area contributed by atoms with E-state index in [9.17, 15) is 22.8 Å². The van der Waals surface area contributed by atoms with Crippen molar-refractivity contribution < 1.29 is 17.6 Å². The van der Waals surface area contributed by atoms with E-state index in [4.69, 9.17) is 4.42 Å². The first-order chi connectivity index (χ1) is 14.8. The van der Waals surface area contributed by atoms with Gasteiger partial charge in [0.1, 0.15) is 19.0 Å². The summed E-state index contributed by atoms with van der Waals surface area (Å²) >= 11 is 0. The summed E-state index contributed by atoms with van der Waals surface area (Å²) in [6.45, 7) is -0.598. The summed E-state index contributed by atoms with van der Waals surface area (Å²) in [6, 6.07) is 5.61. The lowest BCUT2D eigenvalue weighted by molar-refractivity contribution is 0.149. The molecule has 0 unspecified atom stereocenters. The average molecular weight is 434 g/mol. The molecule has 0 bridgehead atoms. The second kappa shape index (κ2) is 8.20. The van der Waals surface area contributed by atoms with Gasteiger partial charge in [-0.2, -0.15) is 4.68 Å². The van der Waals surface area contributed by atoms with Crippen LogP contribution in [-0.4, -0.2) is 35.3 Å². The number of hydrogen-bond donors (Lipinski definition) is 0. The first-order valence-corrected chi connectivity index (χ1v) is 9.26. The Morgan fingerprint density at radius 1 is 1.06 bits per heavy atom. The number of aryl methyl sites for hydroxylation is 1. The summed E-state index contributed by atoms with van der Waals surface area (Å²) in [5, 5.41) is 3.95. The number of benzene rings is 1. The molecule has 0 amide bonds. The van der Waals surface area contributed by atoms with Gasteiger partial charge in [-0.1, -0.05) is 24.3 Å². The Morgan fingerprint density at radius 3 is 2.48 bits per heavy atom. The number of nitrogens with zero attached hydrogens (tertiary/aromatic N) is 6. The normalized spacial score (nSPS) is 12.7. The molecule has 0 aliphatic heterocycles. The molecular formula is C19H17F3N6O3. The van der Waals surface area contributed by atoms with Crippen LogP contribution < -0.4 is 11.3 Å². The minimum Gasteiger partial charge on any atom is -0.390 e. The molecule has 4 rings (SSSR count). The topological polar surface area (TPSA) is 101 Å². The fraction of sp³-hybridized carbons (Fsp3) is 0.316. The van der Waals surface area contributed by atoms with Crippen LogP contribution in [0.5, 0.6) is 0 Å². The van der Waals surface area contributed by atoms with Gasteiger partial charge in [-0.25, -0.2) is 27.9 Å². The Bertz CT molecular complexity index is 1320. The first kappa shape index (κ1) is 20.6. The van der Waals surface area contributed by atoms with Crippen molar-refractivity contribution in [2.45, 2.75) is 32.1 Å². The van der Waals surface area contributed by atoms with Gasteiger partial charge in [0.05, 0.1) is 12.9 Å². The summed E-state index contributed by atoms with van der Waals surface area (Å²) in [6.07, 6.45) is -1.79. The molecule has 1 atom stereocenters. The van der Waals surface area contributed by atoms with Crippen LogP contribution in [0.2, 0.25) is 0 Å². The van der Waals surface area contributed by atoms with Gasteiger partial charge in [0.15, 0.2) is 11.2 Å². The molecule has 0 radical (unpaired) electrons. The third kappa shape index (κ3) is 4.27. The van der Waals surface area contributed by atoms with Crippen LogP contribution in [0.3, 0.4) is 0 Å². The highest BCUT2D eigenvalue weighted by atomic mass is 19.3. The van der Waals surface area contributed by atoms with E-state index in [-0.39, 0.29) is 29.2 Å². The van der Waals surface area contributed by atoms with Gasteiger partial charge in [0.2, 0.25) is 12.3 Å². The summed E-state index contributed by atoms with van der Waals surface area (Å²) in [7, 11) is 1.65. The molecule has 3 aromatic heterocycles. The minimum absolute atomic E-state index is 0.0881. The van der Waals surface area contributed by atoms with E-state index >= 15 is 0 Å². The smallest absolute Gasteiger partial charge is 0.390 e. The van der Waals surface area contributed by atoms with E-state index in [0.29, 0.717) is 5.56 Å². The molecule has 31 heavy (non-hydrogen) atoms. The van der Waals surface area contributed by atoms with Crippen molar-refractivity contribution >= 4 is 11.2 Å². The monoisotopic (exact) mass is 434 g/mol. The highest BCUT2D eigenvalue weighted by Crippen LogP contribution is 2.20. The largest absolute Gasteiger partial charge is 0.437 e. The van der Waals surface area contributed by atoms with Crippen LogP contribution in [0.4, 0.5) is 13.2 Å². The van der Waals surface area contributed by atoms with Crippen molar-refractivity contribution in [2.24, 2.45) is 7.05 Å². The fourth-order valence-corrected chi connectivity index (χ4v) is 3.16. The molecule has 0 spiro atoms. The lowest BCUT2D eigenvalue weighted by atomic mass is 10.1. The van der Waals surface area contributed by atoms with Gasteiger partial charge >= 0.3 is 5.76 Å². The number of aromatic nitrogens is 6. The van der Waals surface area contributed by atoms with Crippen LogP contribution in [0, 0.1) is 0 Å².